The Bertz CT molecular complexity index is 865. The first kappa shape index (κ1) is 16.6. The summed E-state index contributed by atoms with van der Waals surface area (Å²) in [5.41, 5.74) is 18.1. The lowest BCUT2D eigenvalue weighted by Gasteiger charge is -2.20. The SMILES string of the molecule is CC1=C(C)c2c(C)cccc2[C]1[SiH2][C]1C(C)=C(C)c2c(C)cccc21. The molecule has 2 aromatic rings. The Morgan fingerprint density at radius 3 is 1.32 bits per heavy atom. The molecule has 0 nitrogen and oxygen atoms in total. The van der Waals surface area contributed by atoms with Crippen LogP contribution in [0, 0.1) is 24.9 Å². The number of rotatable bonds is 2. The summed E-state index contributed by atoms with van der Waals surface area (Å²) in [6.45, 7) is 13.8. The average molecular weight is 343 g/mol. The van der Waals surface area contributed by atoms with Gasteiger partial charge in [0.1, 0.15) is 0 Å². The van der Waals surface area contributed by atoms with Crippen molar-refractivity contribution in [3.05, 3.63) is 92.0 Å². The third-order valence-corrected chi connectivity index (χ3v) is 8.86. The van der Waals surface area contributed by atoms with Gasteiger partial charge < -0.3 is 0 Å². The Kier molecular flexibility index (Phi) is 3.88. The Balaban J connectivity index is 1.79. The van der Waals surface area contributed by atoms with E-state index >= 15 is 0 Å². The second-order valence-electron chi connectivity index (χ2n) is 7.63. The number of allylic oxidation sites excluding steroid dienone is 4. The number of aryl methyl sites for hydroxylation is 2. The van der Waals surface area contributed by atoms with Gasteiger partial charge in [0.15, 0.2) is 0 Å². The summed E-state index contributed by atoms with van der Waals surface area (Å²) in [6.07, 6.45) is 0. The van der Waals surface area contributed by atoms with Crippen molar-refractivity contribution < 1.29 is 0 Å². The molecule has 2 aromatic carbocycles. The van der Waals surface area contributed by atoms with Gasteiger partial charge in [-0.1, -0.05) is 47.5 Å². The van der Waals surface area contributed by atoms with E-state index in [0.29, 0.717) is 0 Å². The summed E-state index contributed by atoms with van der Waals surface area (Å²) in [6, 6.07) is 13.6. The molecule has 126 valence electrons. The second kappa shape index (κ2) is 5.84. The first-order valence-corrected chi connectivity index (χ1v) is 10.6. The van der Waals surface area contributed by atoms with Crippen molar-refractivity contribution >= 4 is 20.7 Å². The van der Waals surface area contributed by atoms with Crippen LogP contribution in [0.1, 0.15) is 61.1 Å². The molecule has 1 heteroatoms. The van der Waals surface area contributed by atoms with Crippen LogP contribution in [0.2, 0.25) is 0 Å². The van der Waals surface area contributed by atoms with E-state index in [-0.39, 0.29) is 0 Å². The standard InChI is InChI=1S/C24H26Si/c1-13-9-7-11-19-21(13)15(3)17(5)23(19)25-24-18(6)16(4)22-14(2)10-8-12-20(22)24/h7-12H,25H2,1-6H3. The predicted octanol–water partition coefficient (Wildman–Crippen LogP) is 5.55. The molecule has 0 unspecified atom stereocenters. The van der Waals surface area contributed by atoms with Gasteiger partial charge in [0.2, 0.25) is 0 Å². The Hall–Kier alpha value is -1.86. The molecule has 0 N–H and O–H groups in total. The largest absolute Gasteiger partial charge is 0.0617 e. The van der Waals surface area contributed by atoms with Crippen LogP contribution >= 0.6 is 0 Å². The molecule has 0 amide bonds. The molecule has 0 fully saturated rings. The minimum atomic E-state index is -0.526. The van der Waals surface area contributed by atoms with Gasteiger partial charge in [-0.05, 0) is 86.1 Å². The molecule has 0 atom stereocenters. The molecule has 2 radical (unpaired) electrons. The van der Waals surface area contributed by atoms with E-state index < -0.39 is 9.52 Å². The third-order valence-electron chi connectivity index (χ3n) is 6.33. The molecule has 0 heterocycles. The van der Waals surface area contributed by atoms with Gasteiger partial charge in [-0.2, -0.15) is 0 Å². The minimum Gasteiger partial charge on any atom is -0.0617 e. The smallest absolute Gasteiger partial charge is 0.0575 e. The molecule has 4 rings (SSSR count). The molecule has 0 bridgehead atoms. The Morgan fingerprint density at radius 1 is 0.520 bits per heavy atom. The van der Waals surface area contributed by atoms with Gasteiger partial charge >= 0.3 is 0 Å². The highest BCUT2D eigenvalue weighted by atomic mass is 28.2. The zero-order valence-electron chi connectivity index (χ0n) is 16.2. The number of benzene rings is 2. The normalized spacial score (nSPS) is 17.5. The molecule has 2 aliphatic carbocycles. The van der Waals surface area contributed by atoms with Crippen LogP contribution in [0.15, 0.2) is 47.5 Å². The van der Waals surface area contributed by atoms with Crippen LogP contribution in [0.4, 0.5) is 0 Å². The predicted molar refractivity (Wildman–Crippen MR) is 112 cm³/mol. The van der Waals surface area contributed by atoms with Crippen LogP contribution in [-0.2, 0) is 0 Å². The van der Waals surface area contributed by atoms with E-state index in [1.54, 1.807) is 11.1 Å². The summed E-state index contributed by atoms with van der Waals surface area (Å²) >= 11 is 0. The van der Waals surface area contributed by atoms with Crippen LogP contribution < -0.4 is 0 Å². The Labute approximate surface area is 154 Å². The van der Waals surface area contributed by atoms with Crippen molar-refractivity contribution in [3.63, 3.8) is 0 Å². The second-order valence-corrected chi connectivity index (χ2v) is 9.40. The summed E-state index contributed by atoms with van der Waals surface area (Å²) in [5, 5.41) is 0. The van der Waals surface area contributed by atoms with Crippen LogP contribution in [-0.4, -0.2) is 9.52 Å². The molecular formula is C24H26Si. The summed E-state index contributed by atoms with van der Waals surface area (Å²) in [4.78, 5) is 0. The number of fused-ring (bicyclic) bond motifs is 2. The molecule has 0 aliphatic heterocycles. The molecule has 0 saturated carbocycles. The topological polar surface area (TPSA) is 0 Å². The zero-order valence-corrected chi connectivity index (χ0v) is 17.6. The van der Waals surface area contributed by atoms with Crippen molar-refractivity contribution in [2.45, 2.75) is 41.5 Å². The summed E-state index contributed by atoms with van der Waals surface area (Å²) < 4.78 is 0. The van der Waals surface area contributed by atoms with E-state index in [4.69, 9.17) is 0 Å². The Morgan fingerprint density at radius 2 is 0.920 bits per heavy atom. The lowest BCUT2D eigenvalue weighted by atomic mass is 10.0. The molecule has 0 saturated heterocycles. The van der Waals surface area contributed by atoms with Gasteiger partial charge in [-0.25, -0.2) is 0 Å². The van der Waals surface area contributed by atoms with Crippen molar-refractivity contribution in [2.75, 3.05) is 0 Å². The van der Waals surface area contributed by atoms with Gasteiger partial charge in [0.25, 0.3) is 0 Å². The summed E-state index contributed by atoms with van der Waals surface area (Å²) in [5.74, 6) is 0. The van der Waals surface area contributed by atoms with Crippen molar-refractivity contribution in [1.82, 2.24) is 0 Å². The monoisotopic (exact) mass is 342 g/mol. The molecule has 25 heavy (non-hydrogen) atoms. The fourth-order valence-electron chi connectivity index (χ4n) is 4.70. The van der Waals surface area contributed by atoms with E-state index in [0.717, 1.165) is 0 Å². The molecule has 0 spiro atoms. The average Bonchev–Trinajstić information content (AvgIpc) is 2.97. The third kappa shape index (κ3) is 2.32. The number of hydrogen-bond donors (Lipinski definition) is 0. The number of hydrogen-bond acceptors (Lipinski definition) is 0. The van der Waals surface area contributed by atoms with Crippen molar-refractivity contribution in [2.24, 2.45) is 0 Å². The van der Waals surface area contributed by atoms with E-state index in [9.17, 15) is 0 Å². The first-order valence-electron chi connectivity index (χ1n) is 9.20. The van der Waals surface area contributed by atoms with Crippen molar-refractivity contribution in [1.29, 1.82) is 0 Å². The zero-order chi connectivity index (χ0) is 17.9. The first-order chi connectivity index (χ1) is 11.9. The van der Waals surface area contributed by atoms with E-state index in [1.165, 1.54) is 55.7 Å². The van der Waals surface area contributed by atoms with Gasteiger partial charge in [0, 0.05) is 11.1 Å². The van der Waals surface area contributed by atoms with Gasteiger partial charge in [0.05, 0.1) is 9.52 Å². The highest BCUT2D eigenvalue weighted by Crippen LogP contribution is 2.47. The fraction of sp³-hybridized carbons (Fsp3) is 0.250. The van der Waals surface area contributed by atoms with E-state index in [2.05, 4.69) is 77.9 Å². The lowest BCUT2D eigenvalue weighted by Crippen LogP contribution is -2.18. The maximum absolute atomic E-state index is 2.34. The van der Waals surface area contributed by atoms with Gasteiger partial charge in [-0.15, -0.1) is 0 Å². The maximum atomic E-state index is 2.34. The highest BCUT2D eigenvalue weighted by Gasteiger charge is 2.35. The van der Waals surface area contributed by atoms with Crippen molar-refractivity contribution in [3.8, 4) is 0 Å². The molecule has 0 aromatic heterocycles. The quantitative estimate of drug-likeness (QED) is 0.628. The maximum Gasteiger partial charge on any atom is 0.0575 e. The van der Waals surface area contributed by atoms with E-state index in [1.807, 2.05) is 0 Å². The molecular weight excluding hydrogens is 316 g/mol. The van der Waals surface area contributed by atoms with Crippen LogP contribution in [0.5, 0.6) is 0 Å². The lowest BCUT2D eigenvalue weighted by molar-refractivity contribution is 1.30. The highest BCUT2D eigenvalue weighted by molar-refractivity contribution is 6.56. The van der Waals surface area contributed by atoms with Crippen LogP contribution in [0.3, 0.4) is 0 Å². The van der Waals surface area contributed by atoms with Gasteiger partial charge in [-0.3, -0.25) is 0 Å². The fourth-order valence-corrected chi connectivity index (χ4v) is 7.08. The van der Waals surface area contributed by atoms with Crippen LogP contribution in [0.25, 0.3) is 11.1 Å². The molecule has 2 aliphatic rings. The summed E-state index contributed by atoms with van der Waals surface area (Å²) in [7, 11) is -0.526. The minimum absolute atomic E-state index is 0.526.